The van der Waals surface area contributed by atoms with Crippen molar-refractivity contribution in [1.82, 2.24) is 20.5 Å². The van der Waals surface area contributed by atoms with Crippen molar-refractivity contribution in [2.75, 3.05) is 20.1 Å². The number of benzene rings is 3. The molecule has 0 unspecified atom stereocenters. The van der Waals surface area contributed by atoms with E-state index in [1.165, 1.54) is 11.0 Å². The first-order valence-electron chi connectivity index (χ1n) is 17.6. The number of nitrogens with zero attached hydrogens (tertiary/aromatic N) is 1. The van der Waals surface area contributed by atoms with E-state index in [9.17, 15) is 27.6 Å². The van der Waals surface area contributed by atoms with Gasteiger partial charge in [0, 0.05) is 56.0 Å². The van der Waals surface area contributed by atoms with Crippen molar-refractivity contribution in [2.24, 2.45) is 17.4 Å². The number of ketones is 1. The summed E-state index contributed by atoms with van der Waals surface area (Å²) in [5.41, 5.74) is 13.7. The summed E-state index contributed by atoms with van der Waals surface area (Å²) in [6.45, 7) is 0.817. The number of halogens is 3. The second kappa shape index (κ2) is 17.1. The molecule has 0 radical (unpaired) electrons. The minimum absolute atomic E-state index is 0.0372. The van der Waals surface area contributed by atoms with E-state index in [2.05, 4.69) is 15.6 Å². The molecule has 2 heterocycles. The highest BCUT2D eigenvalue weighted by molar-refractivity contribution is 5.93. The van der Waals surface area contributed by atoms with Crippen LogP contribution in [0.5, 0.6) is 0 Å². The van der Waals surface area contributed by atoms with Crippen LogP contribution >= 0.6 is 0 Å². The van der Waals surface area contributed by atoms with Crippen molar-refractivity contribution in [1.29, 1.82) is 0 Å². The molecule has 2 amide bonds. The van der Waals surface area contributed by atoms with Gasteiger partial charge in [-0.05, 0) is 84.8 Å². The summed E-state index contributed by atoms with van der Waals surface area (Å²) in [6.07, 6.45) is -0.0706. The van der Waals surface area contributed by atoms with Crippen LogP contribution in [0.1, 0.15) is 60.8 Å². The predicted octanol–water partition coefficient (Wildman–Crippen LogP) is 5.45. The van der Waals surface area contributed by atoms with E-state index in [1.54, 1.807) is 43.6 Å². The number of para-hydroxylation sites is 1. The van der Waals surface area contributed by atoms with Crippen LogP contribution in [0.15, 0.2) is 72.9 Å². The number of nitrogens with two attached hydrogens (primary N) is 2. The number of alkyl halides is 3. The van der Waals surface area contributed by atoms with Crippen molar-refractivity contribution in [3.63, 3.8) is 0 Å². The Morgan fingerprint density at radius 3 is 2.41 bits per heavy atom. The zero-order valence-electron chi connectivity index (χ0n) is 28.9. The number of hydrogen-bond acceptors (Lipinski definition) is 6. The summed E-state index contributed by atoms with van der Waals surface area (Å²) in [4.78, 5) is 47.1. The van der Waals surface area contributed by atoms with Gasteiger partial charge in [-0.25, -0.2) is 0 Å². The maximum atomic E-state index is 14.5. The first-order chi connectivity index (χ1) is 24.5. The monoisotopic (exact) mass is 704 g/mol. The number of carbonyl (C=O) groups is 3. The SMILES string of the molecule is CN1C(=O)[C@H](CCCCN)CC(=O)[C@H](CCCN)NCc2cccc(c2)-c2c(cccc2C(F)(F)F)CNC(=O)[C@@H]1Cc1c[nH]c2ccccc12. The summed E-state index contributed by atoms with van der Waals surface area (Å²) in [5.74, 6) is -1.74. The Balaban J connectivity index is 1.60. The first-order valence-corrected chi connectivity index (χ1v) is 17.6. The van der Waals surface area contributed by atoms with Gasteiger partial charge in [0.2, 0.25) is 11.8 Å². The molecule has 5 rings (SSSR count). The largest absolute Gasteiger partial charge is 0.417 e. The van der Waals surface area contributed by atoms with Gasteiger partial charge in [0.1, 0.15) is 6.04 Å². The predicted molar refractivity (Wildman–Crippen MR) is 192 cm³/mol. The lowest BCUT2D eigenvalue weighted by molar-refractivity contribution is -0.143. The molecule has 0 saturated heterocycles. The second-order valence-corrected chi connectivity index (χ2v) is 13.3. The number of unbranched alkanes of at least 4 members (excludes halogenated alkanes) is 1. The lowest BCUT2D eigenvalue weighted by atomic mass is 9.90. The number of likely N-dealkylation sites (N-methyl/N-ethyl adjacent to an activating group) is 1. The Kier molecular flexibility index (Phi) is 12.7. The molecular weight excluding hydrogens is 657 g/mol. The quantitative estimate of drug-likeness (QED) is 0.147. The number of Topliss-reactive ketones (excluding diaryl/α,β-unsaturated/α-hetero) is 1. The van der Waals surface area contributed by atoms with Crippen LogP contribution in [-0.4, -0.2) is 59.7 Å². The van der Waals surface area contributed by atoms with Crippen LogP contribution in [0.25, 0.3) is 22.0 Å². The molecule has 1 aliphatic rings. The molecule has 4 aromatic rings. The van der Waals surface area contributed by atoms with Gasteiger partial charge >= 0.3 is 6.18 Å². The molecule has 1 aliphatic heterocycles. The van der Waals surface area contributed by atoms with E-state index in [0.717, 1.165) is 22.5 Å². The van der Waals surface area contributed by atoms with Crippen molar-refractivity contribution in [3.05, 3.63) is 95.2 Å². The molecule has 7 N–H and O–H groups in total. The highest BCUT2D eigenvalue weighted by atomic mass is 19.4. The molecule has 0 aliphatic carbocycles. The molecule has 2 bridgehead atoms. The smallest absolute Gasteiger partial charge is 0.361 e. The fourth-order valence-electron chi connectivity index (χ4n) is 6.99. The Morgan fingerprint density at radius 2 is 1.65 bits per heavy atom. The van der Waals surface area contributed by atoms with Crippen molar-refractivity contribution < 1.29 is 27.6 Å². The number of rotatable bonds is 9. The number of hydrogen-bond donors (Lipinski definition) is 5. The number of carbonyl (C=O) groups excluding carboxylic acids is 3. The zero-order valence-corrected chi connectivity index (χ0v) is 28.9. The zero-order chi connectivity index (χ0) is 36.5. The summed E-state index contributed by atoms with van der Waals surface area (Å²) in [7, 11) is 1.56. The summed E-state index contributed by atoms with van der Waals surface area (Å²) >= 11 is 0. The summed E-state index contributed by atoms with van der Waals surface area (Å²) in [5, 5.41) is 7.07. The Morgan fingerprint density at radius 1 is 0.882 bits per heavy atom. The van der Waals surface area contributed by atoms with Crippen molar-refractivity contribution >= 4 is 28.5 Å². The molecule has 12 heteroatoms. The van der Waals surface area contributed by atoms with Crippen molar-refractivity contribution in [3.8, 4) is 11.1 Å². The fourth-order valence-corrected chi connectivity index (χ4v) is 6.99. The maximum absolute atomic E-state index is 14.5. The molecule has 1 aromatic heterocycles. The summed E-state index contributed by atoms with van der Waals surface area (Å²) in [6, 6.07) is 16.7. The molecule has 0 fully saturated rings. The highest BCUT2D eigenvalue weighted by Gasteiger charge is 2.36. The highest BCUT2D eigenvalue weighted by Crippen LogP contribution is 2.39. The van der Waals surface area contributed by atoms with Crippen LogP contribution in [0.2, 0.25) is 0 Å². The van der Waals surface area contributed by atoms with E-state index in [-0.39, 0.29) is 48.7 Å². The van der Waals surface area contributed by atoms with Crippen LogP contribution in [-0.2, 0) is 40.1 Å². The fraction of sp³-hybridized carbons (Fsp3) is 0.410. The van der Waals surface area contributed by atoms with E-state index in [4.69, 9.17) is 11.5 Å². The van der Waals surface area contributed by atoms with Gasteiger partial charge in [0.25, 0.3) is 0 Å². The standard InChI is InChI=1S/C39H47F3N6O3/c1-48-34(20-29-24-46-32-15-3-2-13-30(29)32)37(50)47-23-28-12-7-14-31(39(40,41)42)36(28)26-11-6-9-25(19-26)22-45-33(16-8-18-44)35(49)21-27(38(48)51)10-4-5-17-43/h2-3,6-7,9,11-15,19,24,27,33-34,45-46H,4-5,8,10,16-18,20-23,43-44H2,1H3,(H,47,50)/t27-,33+,34+/m1/s1. The number of aromatic nitrogens is 1. The Labute approximate surface area is 296 Å². The molecule has 3 atom stereocenters. The third kappa shape index (κ3) is 9.24. The van der Waals surface area contributed by atoms with E-state index >= 15 is 0 Å². The maximum Gasteiger partial charge on any atom is 0.417 e. The van der Waals surface area contributed by atoms with E-state index in [0.29, 0.717) is 56.3 Å². The van der Waals surface area contributed by atoms with Crippen molar-refractivity contribution in [2.45, 2.75) is 76.3 Å². The van der Waals surface area contributed by atoms with E-state index < -0.39 is 35.6 Å². The van der Waals surface area contributed by atoms with Gasteiger partial charge in [-0.1, -0.05) is 55.0 Å². The third-order valence-electron chi connectivity index (χ3n) is 9.77. The normalized spacial score (nSPS) is 19.5. The lowest BCUT2D eigenvalue weighted by Crippen LogP contribution is -2.51. The topological polar surface area (TPSA) is 146 Å². The first kappa shape index (κ1) is 37.7. The number of nitrogens with one attached hydrogen (secondary N) is 3. The molecule has 272 valence electrons. The number of fused-ring (bicyclic) bond motifs is 5. The van der Waals surface area contributed by atoms with Gasteiger partial charge in [-0.3, -0.25) is 14.4 Å². The molecular formula is C39H47F3N6O3. The van der Waals surface area contributed by atoms with Crippen LogP contribution < -0.4 is 22.1 Å². The average molecular weight is 705 g/mol. The minimum atomic E-state index is -4.66. The van der Waals surface area contributed by atoms with Gasteiger partial charge in [0.15, 0.2) is 5.78 Å². The molecule has 3 aromatic carbocycles. The minimum Gasteiger partial charge on any atom is -0.361 e. The Bertz CT molecular complexity index is 1820. The second-order valence-electron chi connectivity index (χ2n) is 13.3. The number of aromatic amines is 1. The van der Waals surface area contributed by atoms with Gasteiger partial charge < -0.3 is 32.0 Å². The summed E-state index contributed by atoms with van der Waals surface area (Å²) < 4.78 is 43.5. The van der Waals surface area contributed by atoms with Crippen LogP contribution in [0.3, 0.4) is 0 Å². The lowest BCUT2D eigenvalue weighted by Gasteiger charge is -2.31. The molecule has 0 spiro atoms. The van der Waals surface area contributed by atoms with Crippen LogP contribution in [0.4, 0.5) is 13.2 Å². The van der Waals surface area contributed by atoms with Gasteiger partial charge in [0.05, 0.1) is 11.6 Å². The van der Waals surface area contributed by atoms with Gasteiger partial charge in [-0.2, -0.15) is 13.2 Å². The average Bonchev–Trinajstić information content (AvgIpc) is 3.53. The number of H-pyrrole nitrogens is 1. The molecule has 51 heavy (non-hydrogen) atoms. The third-order valence-corrected chi connectivity index (χ3v) is 9.77. The van der Waals surface area contributed by atoms with Crippen LogP contribution in [0, 0.1) is 5.92 Å². The Hall–Kier alpha value is -4.52. The number of amides is 2. The van der Waals surface area contributed by atoms with E-state index in [1.807, 2.05) is 24.3 Å². The molecule has 9 nitrogen and oxygen atoms in total. The molecule has 0 saturated carbocycles. The van der Waals surface area contributed by atoms with Gasteiger partial charge in [-0.15, -0.1) is 0 Å².